The van der Waals surface area contributed by atoms with E-state index in [0.717, 1.165) is 0 Å². The number of hydrogen-bond donors (Lipinski definition) is 1. The minimum atomic E-state index is -1.18. The molecular weight excluding hydrogens is 472 g/mol. The molecule has 0 aromatic carbocycles. The number of allylic oxidation sites excluding steroid dienone is 4. The summed E-state index contributed by atoms with van der Waals surface area (Å²) in [6.45, 7) is 12.6. The summed E-state index contributed by atoms with van der Waals surface area (Å²) in [6, 6.07) is 0. The van der Waals surface area contributed by atoms with E-state index in [2.05, 4.69) is 0 Å². The maximum atomic E-state index is 14.0. The Morgan fingerprint density at radius 1 is 0.973 bits per heavy atom. The smallest absolute Gasteiger partial charge is 0.306 e. The molecule has 6 atom stereocenters. The van der Waals surface area contributed by atoms with Gasteiger partial charge in [0.05, 0.1) is 11.3 Å². The average molecular weight is 511 g/mol. The van der Waals surface area contributed by atoms with E-state index >= 15 is 0 Å². The number of aliphatic carboxylic acids is 1. The van der Waals surface area contributed by atoms with Gasteiger partial charge in [0, 0.05) is 54.1 Å². The van der Waals surface area contributed by atoms with Crippen molar-refractivity contribution >= 4 is 34.9 Å². The number of rotatable bonds is 5. The summed E-state index contributed by atoms with van der Waals surface area (Å²) in [5.74, 6) is -3.30. The van der Waals surface area contributed by atoms with Crippen LogP contribution in [0.2, 0.25) is 0 Å². The summed E-state index contributed by atoms with van der Waals surface area (Å²) >= 11 is 0. The lowest BCUT2D eigenvalue weighted by Gasteiger charge is -2.58. The Hall–Kier alpha value is -2.70. The van der Waals surface area contributed by atoms with Crippen LogP contribution in [0.1, 0.15) is 87.0 Å². The van der Waals surface area contributed by atoms with Crippen LogP contribution in [0.25, 0.3) is 0 Å². The predicted molar refractivity (Wildman–Crippen MR) is 135 cm³/mol. The molecule has 0 heterocycles. The molecule has 0 unspecified atom stereocenters. The number of fused-ring (bicyclic) bond motifs is 4. The highest BCUT2D eigenvalue weighted by molar-refractivity contribution is 6.17. The zero-order valence-electron chi connectivity index (χ0n) is 22.9. The van der Waals surface area contributed by atoms with Crippen molar-refractivity contribution in [2.75, 3.05) is 0 Å². The zero-order valence-corrected chi connectivity index (χ0v) is 22.9. The molecule has 2 fully saturated rings. The van der Waals surface area contributed by atoms with Gasteiger partial charge in [-0.2, -0.15) is 0 Å². The normalized spacial score (nSPS) is 38.2. The molecule has 0 radical (unpaired) electrons. The van der Waals surface area contributed by atoms with Gasteiger partial charge in [-0.1, -0.05) is 40.2 Å². The van der Waals surface area contributed by atoms with Crippen molar-refractivity contribution in [2.24, 2.45) is 39.4 Å². The monoisotopic (exact) mass is 510 g/mol. The van der Waals surface area contributed by atoms with Crippen LogP contribution in [-0.4, -0.2) is 40.0 Å². The molecule has 1 N–H and O–H groups in total. The average Bonchev–Trinajstić information content (AvgIpc) is 2.99. The fourth-order valence-corrected chi connectivity index (χ4v) is 8.23. The first kappa shape index (κ1) is 27.3. The van der Waals surface area contributed by atoms with Crippen LogP contribution in [0.4, 0.5) is 0 Å². The van der Waals surface area contributed by atoms with E-state index in [9.17, 15) is 28.8 Å². The van der Waals surface area contributed by atoms with Crippen molar-refractivity contribution < 1.29 is 33.9 Å². The molecule has 7 nitrogen and oxygen atoms in total. The molecule has 7 heteroatoms. The lowest BCUT2D eigenvalue weighted by molar-refractivity contribution is -0.147. The molecule has 0 aromatic heterocycles. The van der Waals surface area contributed by atoms with Crippen LogP contribution < -0.4 is 0 Å². The van der Waals surface area contributed by atoms with Crippen molar-refractivity contribution in [1.82, 2.24) is 0 Å². The van der Waals surface area contributed by atoms with Gasteiger partial charge in [-0.3, -0.25) is 28.8 Å². The quantitative estimate of drug-likeness (QED) is 0.542. The maximum absolute atomic E-state index is 14.0. The molecule has 0 aliphatic heterocycles. The third-order valence-electron chi connectivity index (χ3n) is 10.8. The Labute approximate surface area is 218 Å². The number of carbonyl (C=O) groups is 6. The highest BCUT2D eigenvalue weighted by Gasteiger charge is 2.70. The highest BCUT2D eigenvalue weighted by Crippen LogP contribution is 2.69. The molecule has 4 rings (SSSR count). The summed E-state index contributed by atoms with van der Waals surface area (Å²) in [7, 11) is 0. The first-order valence-corrected chi connectivity index (χ1v) is 13.2. The second-order valence-electron chi connectivity index (χ2n) is 13.1. The van der Waals surface area contributed by atoms with Crippen molar-refractivity contribution in [2.45, 2.75) is 87.0 Å². The molecule has 4 aliphatic rings. The minimum absolute atomic E-state index is 0.0770. The topological polar surface area (TPSA) is 123 Å². The molecular formula is C30H38O7. The number of hydrogen-bond acceptors (Lipinski definition) is 6. The number of carboxylic acids is 1. The van der Waals surface area contributed by atoms with E-state index in [4.69, 9.17) is 5.11 Å². The summed E-state index contributed by atoms with van der Waals surface area (Å²) in [6.07, 6.45) is 2.40. The fraction of sp³-hybridized carbons (Fsp3) is 0.667. The Balaban J connectivity index is 1.81. The van der Waals surface area contributed by atoms with Gasteiger partial charge < -0.3 is 5.11 Å². The van der Waals surface area contributed by atoms with Crippen LogP contribution in [0, 0.1) is 39.4 Å². The van der Waals surface area contributed by atoms with Gasteiger partial charge in [-0.05, 0) is 43.6 Å². The summed E-state index contributed by atoms with van der Waals surface area (Å²) in [5, 5.41) is 9.14. The van der Waals surface area contributed by atoms with E-state index in [-0.39, 0.29) is 60.5 Å². The SMILES string of the molecule is C/C(=C/C(=O)C[C@@H](C)C(=O)O)[C@H]1CC(=O)[C@@]2(C)C3=C(C(=O)C[C@]12C)[C@@]1(C)CCC(=O)C(C)(C)[C@H]1CC3=O. The molecule has 0 spiro atoms. The second kappa shape index (κ2) is 8.40. The van der Waals surface area contributed by atoms with E-state index in [1.54, 1.807) is 13.8 Å². The molecule has 200 valence electrons. The summed E-state index contributed by atoms with van der Waals surface area (Å²) in [4.78, 5) is 78.2. The molecule has 2 saturated carbocycles. The molecule has 0 aromatic rings. The number of Topliss-reactive ketones (excluding diaryl/α,β-unsaturated/α-hetero) is 4. The van der Waals surface area contributed by atoms with E-state index in [0.29, 0.717) is 29.6 Å². The van der Waals surface area contributed by atoms with Gasteiger partial charge in [0.2, 0.25) is 0 Å². The van der Waals surface area contributed by atoms with Gasteiger partial charge in [0.25, 0.3) is 0 Å². The van der Waals surface area contributed by atoms with Crippen LogP contribution >= 0.6 is 0 Å². The van der Waals surface area contributed by atoms with E-state index in [1.165, 1.54) is 13.0 Å². The largest absolute Gasteiger partial charge is 0.481 e. The van der Waals surface area contributed by atoms with Crippen LogP contribution in [-0.2, 0) is 28.8 Å². The van der Waals surface area contributed by atoms with E-state index in [1.807, 2.05) is 27.7 Å². The Morgan fingerprint density at radius 2 is 1.59 bits per heavy atom. The van der Waals surface area contributed by atoms with Crippen LogP contribution in [0.3, 0.4) is 0 Å². The summed E-state index contributed by atoms with van der Waals surface area (Å²) < 4.78 is 0. The molecule has 0 amide bonds. The minimum Gasteiger partial charge on any atom is -0.481 e. The Bertz CT molecular complexity index is 1220. The van der Waals surface area contributed by atoms with Crippen molar-refractivity contribution in [1.29, 1.82) is 0 Å². The van der Waals surface area contributed by atoms with Crippen LogP contribution in [0.15, 0.2) is 22.8 Å². The van der Waals surface area contributed by atoms with Gasteiger partial charge in [0.15, 0.2) is 17.3 Å². The third-order valence-corrected chi connectivity index (χ3v) is 10.8. The molecule has 4 aliphatic carbocycles. The van der Waals surface area contributed by atoms with Gasteiger partial charge in [-0.15, -0.1) is 0 Å². The zero-order chi connectivity index (χ0) is 27.9. The number of carbonyl (C=O) groups excluding carboxylic acids is 5. The van der Waals surface area contributed by atoms with Gasteiger partial charge in [0.1, 0.15) is 11.6 Å². The summed E-state index contributed by atoms with van der Waals surface area (Å²) in [5.41, 5.74) is -2.04. The fourth-order valence-electron chi connectivity index (χ4n) is 8.23. The first-order valence-electron chi connectivity index (χ1n) is 13.2. The van der Waals surface area contributed by atoms with Gasteiger partial charge in [-0.25, -0.2) is 0 Å². The third kappa shape index (κ3) is 3.59. The van der Waals surface area contributed by atoms with Crippen LogP contribution in [0.5, 0.6) is 0 Å². The first-order chi connectivity index (χ1) is 16.9. The molecule has 37 heavy (non-hydrogen) atoms. The number of carboxylic acid groups (broad SMARTS) is 1. The van der Waals surface area contributed by atoms with Crippen molar-refractivity contribution in [3.05, 3.63) is 22.8 Å². The molecule has 0 saturated heterocycles. The standard InChI is InChI=1S/C30H38O7/c1-15(10-17(31)11-16(2)26(36)37)18-12-23(35)30(7)25-19(32)13-21-27(3,4)22(34)8-9-28(21,5)24(25)20(33)14-29(18,30)6/h10,16,18,21H,8-9,11-14H2,1-7H3,(H,36,37)/b15-10-/t16-,18-,21-,28+,29-,30+/m1/s1. The van der Waals surface area contributed by atoms with Gasteiger partial charge >= 0.3 is 5.97 Å². The molecule has 0 bridgehead atoms. The Morgan fingerprint density at radius 3 is 2.19 bits per heavy atom. The van der Waals surface area contributed by atoms with Crippen molar-refractivity contribution in [3.63, 3.8) is 0 Å². The maximum Gasteiger partial charge on any atom is 0.306 e. The lowest BCUT2D eigenvalue weighted by atomic mass is 9.43. The second-order valence-corrected chi connectivity index (χ2v) is 13.1. The lowest BCUT2D eigenvalue weighted by Crippen LogP contribution is -2.59. The highest BCUT2D eigenvalue weighted by atomic mass is 16.4. The Kier molecular flexibility index (Phi) is 6.21. The van der Waals surface area contributed by atoms with E-state index < -0.39 is 39.5 Å². The predicted octanol–water partition coefficient (Wildman–Crippen LogP) is 4.47. The van der Waals surface area contributed by atoms with Crippen molar-refractivity contribution in [3.8, 4) is 0 Å². The number of ketones is 5.